The number of nitrogens with one attached hydrogen (secondary N) is 2. The Morgan fingerprint density at radius 1 is 0.667 bits per heavy atom. The molecular formula is C21H23N3. The van der Waals surface area contributed by atoms with Crippen LogP contribution >= 0.6 is 0 Å². The van der Waals surface area contributed by atoms with Gasteiger partial charge < -0.3 is 10.6 Å². The summed E-state index contributed by atoms with van der Waals surface area (Å²) in [6, 6.07) is 18.7. The molecule has 3 heteroatoms. The number of rotatable bonds is 4. The molecule has 0 aliphatic carbocycles. The Morgan fingerprint density at radius 2 is 1.17 bits per heavy atom. The highest BCUT2D eigenvalue weighted by Crippen LogP contribution is 2.25. The van der Waals surface area contributed by atoms with Gasteiger partial charge in [-0.05, 0) is 69.2 Å². The second-order valence-corrected chi connectivity index (χ2v) is 6.28. The van der Waals surface area contributed by atoms with Crippen LogP contribution in [0, 0.1) is 27.7 Å². The second-order valence-electron chi connectivity index (χ2n) is 6.28. The highest BCUT2D eigenvalue weighted by atomic mass is 15.1. The van der Waals surface area contributed by atoms with Crippen LogP contribution < -0.4 is 10.6 Å². The largest absolute Gasteiger partial charge is 0.340 e. The van der Waals surface area contributed by atoms with Gasteiger partial charge in [0.25, 0.3) is 0 Å². The van der Waals surface area contributed by atoms with Crippen LogP contribution in [0.15, 0.2) is 54.6 Å². The number of aryl methyl sites for hydroxylation is 3. The third kappa shape index (κ3) is 3.74. The molecule has 0 spiro atoms. The summed E-state index contributed by atoms with van der Waals surface area (Å²) in [6.07, 6.45) is 0. The van der Waals surface area contributed by atoms with Gasteiger partial charge in [-0.2, -0.15) is 0 Å². The second kappa shape index (κ2) is 6.75. The lowest BCUT2D eigenvalue weighted by Crippen LogP contribution is -2.02. The van der Waals surface area contributed by atoms with Gasteiger partial charge in [0.15, 0.2) is 0 Å². The normalized spacial score (nSPS) is 10.5. The van der Waals surface area contributed by atoms with E-state index in [-0.39, 0.29) is 0 Å². The lowest BCUT2D eigenvalue weighted by molar-refractivity contribution is 1.21. The lowest BCUT2D eigenvalue weighted by Gasteiger charge is -2.14. The first-order chi connectivity index (χ1) is 11.5. The number of benzene rings is 2. The maximum atomic E-state index is 4.75. The standard InChI is InChI=1S/C21H23N3/c1-14-5-9-18(10-6-14)22-20-13-16(3)17(4)21(24-20)23-19-11-7-15(2)8-12-19/h5-13H,1-4H3,(H2,22,23,24). The Balaban J connectivity index is 1.87. The van der Waals surface area contributed by atoms with Crippen LogP contribution in [-0.2, 0) is 0 Å². The minimum atomic E-state index is 0.844. The fourth-order valence-electron chi connectivity index (χ4n) is 2.48. The Bertz CT molecular complexity index is 834. The van der Waals surface area contributed by atoms with Gasteiger partial charge in [0.2, 0.25) is 0 Å². The maximum absolute atomic E-state index is 4.75. The average Bonchev–Trinajstić information content (AvgIpc) is 2.56. The molecule has 122 valence electrons. The zero-order valence-corrected chi connectivity index (χ0v) is 14.6. The van der Waals surface area contributed by atoms with Gasteiger partial charge in [-0.25, -0.2) is 4.98 Å². The summed E-state index contributed by atoms with van der Waals surface area (Å²) in [5.74, 6) is 1.73. The predicted octanol–water partition coefficient (Wildman–Crippen LogP) is 5.80. The molecular weight excluding hydrogens is 294 g/mol. The Labute approximate surface area is 143 Å². The summed E-state index contributed by atoms with van der Waals surface area (Å²) in [4.78, 5) is 4.75. The van der Waals surface area contributed by atoms with Crippen molar-refractivity contribution in [2.75, 3.05) is 10.6 Å². The topological polar surface area (TPSA) is 37.0 Å². The predicted molar refractivity (Wildman–Crippen MR) is 103 cm³/mol. The third-order valence-corrected chi connectivity index (χ3v) is 4.17. The fourth-order valence-corrected chi connectivity index (χ4v) is 2.48. The van der Waals surface area contributed by atoms with Crippen molar-refractivity contribution in [3.8, 4) is 0 Å². The molecule has 0 amide bonds. The van der Waals surface area contributed by atoms with Crippen molar-refractivity contribution in [3.63, 3.8) is 0 Å². The first-order valence-corrected chi connectivity index (χ1v) is 8.17. The molecule has 3 rings (SSSR count). The SMILES string of the molecule is Cc1ccc(Nc2cc(C)c(C)c(Nc3ccc(C)cc3)n2)cc1. The fraction of sp³-hybridized carbons (Fsp3) is 0.190. The Morgan fingerprint density at radius 3 is 1.71 bits per heavy atom. The molecule has 0 saturated heterocycles. The van der Waals surface area contributed by atoms with E-state index < -0.39 is 0 Å². The molecule has 2 aromatic carbocycles. The number of aromatic nitrogens is 1. The molecule has 1 aromatic heterocycles. The molecule has 0 saturated carbocycles. The monoisotopic (exact) mass is 317 g/mol. The summed E-state index contributed by atoms with van der Waals surface area (Å²) in [5.41, 5.74) is 6.94. The van der Waals surface area contributed by atoms with Gasteiger partial charge in [-0.3, -0.25) is 0 Å². The van der Waals surface area contributed by atoms with Crippen molar-refractivity contribution < 1.29 is 0 Å². The van der Waals surface area contributed by atoms with E-state index in [0.717, 1.165) is 28.6 Å². The Kier molecular flexibility index (Phi) is 4.52. The summed E-state index contributed by atoms with van der Waals surface area (Å²) in [7, 11) is 0. The van der Waals surface area contributed by atoms with Crippen molar-refractivity contribution in [2.24, 2.45) is 0 Å². The van der Waals surface area contributed by atoms with Crippen LogP contribution in [0.4, 0.5) is 23.0 Å². The summed E-state index contributed by atoms with van der Waals surface area (Å²) in [6.45, 7) is 8.37. The molecule has 0 fully saturated rings. The molecule has 0 bridgehead atoms. The van der Waals surface area contributed by atoms with Gasteiger partial charge in [0, 0.05) is 11.4 Å². The molecule has 3 nitrogen and oxygen atoms in total. The lowest BCUT2D eigenvalue weighted by atomic mass is 10.1. The number of pyridine rings is 1. The summed E-state index contributed by atoms with van der Waals surface area (Å²) < 4.78 is 0. The van der Waals surface area contributed by atoms with Crippen molar-refractivity contribution >= 4 is 23.0 Å². The molecule has 2 N–H and O–H groups in total. The van der Waals surface area contributed by atoms with Gasteiger partial charge in [0.1, 0.15) is 11.6 Å². The van der Waals surface area contributed by atoms with Crippen LogP contribution in [0.1, 0.15) is 22.3 Å². The number of hydrogen-bond acceptors (Lipinski definition) is 3. The quantitative estimate of drug-likeness (QED) is 0.638. The van der Waals surface area contributed by atoms with Crippen LogP contribution in [-0.4, -0.2) is 4.98 Å². The smallest absolute Gasteiger partial charge is 0.135 e. The average molecular weight is 317 g/mol. The molecule has 0 atom stereocenters. The minimum absolute atomic E-state index is 0.844. The van der Waals surface area contributed by atoms with Crippen molar-refractivity contribution in [1.82, 2.24) is 4.98 Å². The zero-order valence-electron chi connectivity index (χ0n) is 14.6. The molecule has 0 aliphatic heterocycles. The van der Waals surface area contributed by atoms with E-state index in [1.807, 2.05) is 0 Å². The zero-order chi connectivity index (χ0) is 17.1. The summed E-state index contributed by atoms with van der Waals surface area (Å²) >= 11 is 0. The molecule has 3 aromatic rings. The molecule has 24 heavy (non-hydrogen) atoms. The van der Waals surface area contributed by atoms with Crippen molar-refractivity contribution in [1.29, 1.82) is 0 Å². The maximum Gasteiger partial charge on any atom is 0.135 e. The van der Waals surface area contributed by atoms with E-state index in [1.165, 1.54) is 16.7 Å². The van der Waals surface area contributed by atoms with Gasteiger partial charge >= 0.3 is 0 Å². The highest BCUT2D eigenvalue weighted by molar-refractivity contribution is 5.66. The molecule has 1 heterocycles. The van der Waals surface area contributed by atoms with Crippen LogP contribution in [0.5, 0.6) is 0 Å². The van der Waals surface area contributed by atoms with Gasteiger partial charge in [0.05, 0.1) is 0 Å². The van der Waals surface area contributed by atoms with E-state index in [0.29, 0.717) is 0 Å². The minimum Gasteiger partial charge on any atom is -0.340 e. The van der Waals surface area contributed by atoms with E-state index in [2.05, 4.69) is 92.9 Å². The number of hydrogen-bond donors (Lipinski definition) is 2. The van der Waals surface area contributed by atoms with Crippen LogP contribution in [0.25, 0.3) is 0 Å². The van der Waals surface area contributed by atoms with Crippen molar-refractivity contribution in [3.05, 3.63) is 76.9 Å². The first kappa shape index (κ1) is 16.1. The van der Waals surface area contributed by atoms with Gasteiger partial charge in [-0.1, -0.05) is 35.4 Å². The van der Waals surface area contributed by atoms with E-state index >= 15 is 0 Å². The Hall–Kier alpha value is -2.81. The summed E-state index contributed by atoms with van der Waals surface area (Å²) in [5, 5.41) is 6.81. The number of anilines is 4. The third-order valence-electron chi connectivity index (χ3n) is 4.17. The van der Waals surface area contributed by atoms with Crippen molar-refractivity contribution in [2.45, 2.75) is 27.7 Å². The number of nitrogens with zero attached hydrogens (tertiary/aromatic N) is 1. The van der Waals surface area contributed by atoms with E-state index in [4.69, 9.17) is 4.98 Å². The highest BCUT2D eigenvalue weighted by Gasteiger charge is 2.07. The first-order valence-electron chi connectivity index (χ1n) is 8.17. The van der Waals surface area contributed by atoms with E-state index in [9.17, 15) is 0 Å². The molecule has 0 unspecified atom stereocenters. The van der Waals surface area contributed by atoms with Crippen LogP contribution in [0.3, 0.4) is 0 Å². The molecule has 0 aliphatic rings. The van der Waals surface area contributed by atoms with E-state index in [1.54, 1.807) is 0 Å². The molecule has 0 radical (unpaired) electrons. The van der Waals surface area contributed by atoms with Gasteiger partial charge in [-0.15, -0.1) is 0 Å². The van der Waals surface area contributed by atoms with Crippen LogP contribution in [0.2, 0.25) is 0 Å².